The monoisotopic (exact) mass is 405 g/mol. The van der Waals surface area contributed by atoms with Crippen LogP contribution in [0.3, 0.4) is 0 Å². The number of amides is 1. The summed E-state index contributed by atoms with van der Waals surface area (Å²) in [5.41, 5.74) is 2.55. The Bertz CT molecular complexity index is 878. The van der Waals surface area contributed by atoms with E-state index in [0.717, 1.165) is 21.3 Å². The first-order valence-corrected chi connectivity index (χ1v) is 8.28. The Labute approximate surface area is 152 Å². The predicted octanol–water partition coefficient (Wildman–Crippen LogP) is 3.70. The van der Waals surface area contributed by atoms with Gasteiger partial charge < -0.3 is 5.32 Å². The van der Waals surface area contributed by atoms with Crippen LogP contribution in [-0.4, -0.2) is 26.1 Å². The van der Waals surface area contributed by atoms with Crippen LogP contribution in [0.25, 0.3) is 11.4 Å². The lowest BCUT2D eigenvalue weighted by molar-refractivity contribution is -0.117. The highest BCUT2D eigenvalue weighted by molar-refractivity contribution is 9.10. The second kappa shape index (κ2) is 7.11. The van der Waals surface area contributed by atoms with Gasteiger partial charge in [-0.15, -0.1) is 10.2 Å². The molecule has 0 atom stereocenters. The molecule has 0 spiro atoms. The highest BCUT2D eigenvalue weighted by Crippen LogP contribution is 2.20. The molecular formula is C16H13BrClN5O. The maximum absolute atomic E-state index is 12.1. The van der Waals surface area contributed by atoms with Crippen LogP contribution >= 0.6 is 27.5 Å². The van der Waals surface area contributed by atoms with Crippen molar-refractivity contribution >= 4 is 39.1 Å². The highest BCUT2D eigenvalue weighted by atomic mass is 79.9. The lowest BCUT2D eigenvalue weighted by Crippen LogP contribution is -2.20. The van der Waals surface area contributed by atoms with Crippen LogP contribution in [0.5, 0.6) is 0 Å². The van der Waals surface area contributed by atoms with Crippen LogP contribution < -0.4 is 5.32 Å². The van der Waals surface area contributed by atoms with Crippen LogP contribution in [0.1, 0.15) is 5.56 Å². The van der Waals surface area contributed by atoms with Gasteiger partial charge in [0.1, 0.15) is 6.54 Å². The van der Waals surface area contributed by atoms with Crippen molar-refractivity contribution in [3.63, 3.8) is 0 Å². The largest absolute Gasteiger partial charge is 0.324 e. The van der Waals surface area contributed by atoms with Crippen LogP contribution in [0.4, 0.5) is 5.69 Å². The number of aryl methyl sites for hydroxylation is 1. The first kappa shape index (κ1) is 16.6. The van der Waals surface area contributed by atoms with E-state index >= 15 is 0 Å². The summed E-state index contributed by atoms with van der Waals surface area (Å²) in [4.78, 5) is 13.4. The van der Waals surface area contributed by atoms with Gasteiger partial charge in [0.05, 0.1) is 0 Å². The first-order valence-electron chi connectivity index (χ1n) is 7.11. The van der Waals surface area contributed by atoms with Crippen molar-refractivity contribution in [2.45, 2.75) is 13.5 Å². The fourth-order valence-electron chi connectivity index (χ4n) is 2.08. The molecule has 1 aromatic heterocycles. The van der Waals surface area contributed by atoms with Crippen molar-refractivity contribution in [1.29, 1.82) is 0 Å². The Morgan fingerprint density at radius 3 is 2.71 bits per heavy atom. The smallest absolute Gasteiger partial charge is 0.248 e. The quantitative estimate of drug-likeness (QED) is 0.717. The third-order valence-electron chi connectivity index (χ3n) is 3.28. The molecule has 0 bridgehead atoms. The Morgan fingerprint density at radius 2 is 2.00 bits per heavy atom. The summed E-state index contributed by atoms with van der Waals surface area (Å²) < 4.78 is 0.992. The lowest BCUT2D eigenvalue weighted by Gasteiger charge is -2.06. The molecule has 24 heavy (non-hydrogen) atoms. The minimum Gasteiger partial charge on any atom is -0.324 e. The van der Waals surface area contributed by atoms with Gasteiger partial charge in [-0.25, -0.2) is 0 Å². The molecule has 0 aliphatic heterocycles. The minimum atomic E-state index is -0.225. The van der Waals surface area contributed by atoms with Crippen molar-refractivity contribution < 1.29 is 4.79 Å². The van der Waals surface area contributed by atoms with E-state index in [2.05, 4.69) is 36.7 Å². The van der Waals surface area contributed by atoms with Gasteiger partial charge >= 0.3 is 0 Å². The fourth-order valence-corrected chi connectivity index (χ4v) is 2.45. The van der Waals surface area contributed by atoms with E-state index in [0.29, 0.717) is 10.8 Å². The van der Waals surface area contributed by atoms with Gasteiger partial charge in [-0.2, -0.15) is 4.80 Å². The van der Waals surface area contributed by atoms with Gasteiger partial charge in [0.15, 0.2) is 0 Å². The molecule has 0 radical (unpaired) electrons. The molecule has 122 valence electrons. The molecule has 6 nitrogen and oxygen atoms in total. The predicted molar refractivity (Wildman–Crippen MR) is 95.8 cm³/mol. The molecular weight excluding hydrogens is 394 g/mol. The number of hydrogen-bond donors (Lipinski definition) is 1. The standard InChI is InChI=1S/C16H13BrClN5O/c1-10-8-13(6-7-14(10)17)19-15(24)9-23-21-16(20-22-23)11-2-4-12(18)5-3-11/h2-8H,9H2,1H3,(H,19,24). The molecule has 0 saturated carbocycles. The first-order chi connectivity index (χ1) is 11.5. The Morgan fingerprint density at radius 1 is 1.25 bits per heavy atom. The van der Waals surface area contributed by atoms with E-state index in [1.165, 1.54) is 4.80 Å². The zero-order chi connectivity index (χ0) is 17.1. The Hall–Kier alpha value is -2.25. The van der Waals surface area contributed by atoms with Gasteiger partial charge in [0.25, 0.3) is 0 Å². The molecule has 1 amide bonds. The topological polar surface area (TPSA) is 72.7 Å². The molecule has 0 unspecified atom stereocenters. The number of benzene rings is 2. The number of anilines is 1. The maximum atomic E-state index is 12.1. The molecule has 0 fully saturated rings. The number of carbonyl (C=O) groups excluding carboxylic acids is 1. The highest BCUT2D eigenvalue weighted by Gasteiger charge is 2.10. The molecule has 0 aliphatic rings. The van der Waals surface area contributed by atoms with E-state index < -0.39 is 0 Å². The van der Waals surface area contributed by atoms with Gasteiger partial charge in [-0.3, -0.25) is 4.79 Å². The second-order valence-corrected chi connectivity index (χ2v) is 6.45. The van der Waals surface area contributed by atoms with Crippen molar-refractivity contribution in [3.8, 4) is 11.4 Å². The molecule has 3 aromatic rings. The zero-order valence-corrected chi connectivity index (χ0v) is 15.0. The number of nitrogens with zero attached hydrogens (tertiary/aromatic N) is 4. The Kier molecular flexibility index (Phi) is 4.92. The van der Waals surface area contributed by atoms with E-state index in [1.807, 2.05) is 25.1 Å². The maximum Gasteiger partial charge on any atom is 0.248 e. The van der Waals surface area contributed by atoms with E-state index in [9.17, 15) is 4.79 Å². The van der Waals surface area contributed by atoms with Crippen LogP contribution in [0, 0.1) is 6.92 Å². The molecule has 3 rings (SSSR count). The van der Waals surface area contributed by atoms with Crippen molar-refractivity contribution in [3.05, 3.63) is 57.5 Å². The molecule has 0 saturated heterocycles. The molecule has 2 aromatic carbocycles. The van der Waals surface area contributed by atoms with Gasteiger partial charge in [0, 0.05) is 20.7 Å². The van der Waals surface area contributed by atoms with E-state index in [-0.39, 0.29) is 12.5 Å². The second-order valence-electron chi connectivity index (χ2n) is 5.16. The normalized spacial score (nSPS) is 10.6. The van der Waals surface area contributed by atoms with Crippen molar-refractivity contribution in [2.75, 3.05) is 5.32 Å². The number of carbonyl (C=O) groups is 1. The Balaban J connectivity index is 1.66. The SMILES string of the molecule is Cc1cc(NC(=O)Cn2nnc(-c3ccc(Cl)cc3)n2)ccc1Br. The molecule has 0 aliphatic carbocycles. The number of rotatable bonds is 4. The summed E-state index contributed by atoms with van der Waals surface area (Å²) in [6.45, 7) is 1.94. The number of halogens is 2. The number of tetrazole rings is 1. The fraction of sp³-hybridized carbons (Fsp3) is 0.125. The van der Waals surface area contributed by atoms with Gasteiger partial charge in [-0.05, 0) is 60.2 Å². The number of aromatic nitrogens is 4. The summed E-state index contributed by atoms with van der Waals surface area (Å²) in [7, 11) is 0. The molecule has 1 heterocycles. The molecule has 8 heteroatoms. The number of nitrogens with one attached hydrogen (secondary N) is 1. The summed E-state index contributed by atoms with van der Waals surface area (Å²) in [5.74, 6) is 0.218. The minimum absolute atomic E-state index is 0.0182. The summed E-state index contributed by atoms with van der Waals surface area (Å²) in [6, 6.07) is 12.7. The van der Waals surface area contributed by atoms with Crippen molar-refractivity contribution in [1.82, 2.24) is 20.2 Å². The van der Waals surface area contributed by atoms with Crippen LogP contribution in [0.15, 0.2) is 46.9 Å². The third kappa shape index (κ3) is 3.98. The summed E-state index contributed by atoms with van der Waals surface area (Å²) >= 11 is 9.28. The van der Waals surface area contributed by atoms with E-state index in [4.69, 9.17) is 11.6 Å². The summed E-state index contributed by atoms with van der Waals surface area (Å²) in [6.07, 6.45) is 0. The number of hydrogen-bond acceptors (Lipinski definition) is 4. The average Bonchev–Trinajstić information content (AvgIpc) is 3.00. The van der Waals surface area contributed by atoms with Gasteiger partial charge in [-0.1, -0.05) is 27.5 Å². The van der Waals surface area contributed by atoms with Crippen LogP contribution in [-0.2, 0) is 11.3 Å². The average molecular weight is 407 g/mol. The van der Waals surface area contributed by atoms with Crippen LogP contribution in [0.2, 0.25) is 5.02 Å². The van der Waals surface area contributed by atoms with Crippen molar-refractivity contribution in [2.24, 2.45) is 0 Å². The lowest BCUT2D eigenvalue weighted by atomic mass is 10.2. The third-order valence-corrected chi connectivity index (χ3v) is 4.42. The molecule has 1 N–H and O–H groups in total. The van der Waals surface area contributed by atoms with Gasteiger partial charge in [0.2, 0.25) is 11.7 Å². The van der Waals surface area contributed by atoms with E-state index in [1.54, 1.807) is 24.3 Å². The zero-order valence-electron chi connectivity index (χ0n) is 12.7. The summed E-state index contributed by atoms with van der Waals surface area (Å²) in [5, 5.41) is 15.5.